The molecule has 3 rings (SSSR count). The Morgan fingerprint density at radius 2 is 2.05 bits per heavy atom. The Balaban J connectivity index is 1.81. The van der Waals surface area contributed by atoms with Crippen molar-refractivity contribution in [1.82, 2.24) is 14.8 Å². The first-order valence-corrected chi connectivity index (χ1v) is 7.53. The number of benzene rings is 1. The predicted molar refractivity (Wildman–Crippen MR) is 76.9 cm³/mol. The average molecular weight is 274 g/mol. The third kappa shape index (κ3) is 2.67. The molecule has 2 aromatic rings. The minimum atomic E-state index is 0.369. The van der Waals surface area contributed by atoms with E-state index in [4.69, 9.17) is 5.73 Å². The van der Waals surface area contributed by atoms with Gasteiger partial charge in [-0.2, -0.15) is 0 Å². The summed E-state index contributed by atoms with van der Waals surface area (Å²) < 4.78 is 2.23. The quantitative estimate of drug-likeness (QED) is 0.852. The second kappa shape index (κ2) is 5.35. The summed E-state index contributed by atoms with van der Waals surface area (Å²) in [7, 11) is 0. The monoisotopic (exact) mass is 274 g/mol. The largest absolute Gasteiger partial charge is 0.324 e. The van der Waals surface area contributed by atoms with Crippen LogP contribution in [0.15, 0.2) is 35.5 Å². The summed E-state index contributed by atoms with van der Waals surface area (Å²) >= 11 is 1.76. The van der Waals surface area contributed by atoms with Crippen molar-refractivity contribution in [3.8, 4) is 0 Å². The molecule has 1 atom stereocenters. The molecule has 0 radical (unpaired) electrons. The van der Waals surface area contributed by atoms with Crippen LogP contribution in [-0.4, -0.2) is 14.8 Å². The number of thioether (sulfide) groups is 1. The first-order chi connectivity index (χ1) is 9.29. The molecule has 0 amide bonds. The van der Waals surface area contributed by atoms with Gasteiger partial charge >= 0.3 is 0 Å². The van der Waals surface area contributed by atoms with Gasteiger partial charge in [0.15, 0.2) is 5.16 Å². The van der Waals surface area contributed by atoms with E-state index in [-0.39, 0.29) is 0 Å². The first-order valence-electron chi connectivity index (χ1n) is 6.65. The molecule has 0 saturated heterocycles. The molecule has 1 fully saturated rings. The summed E-state index contributed by atoms with van der Waals surface area (Å²) in [6, 6.07) is 11.1. The molecule has 0 spiro atoms. The number of nitrogens with zero attached hydrogens (tertiary/aromatic N) is 3. The second-order valence-electron chi connectivity index (χ2n) is 4.87. The molecule has 100 valence electrons. The number of hydrogen-bond donors (Lipinski definition) is 1. The lowest BCUT2D eigenvalue weighted by molar-refractivity contribution is 0.625. The van der Waals surface area contributed by atoms with Crippen LogP contribution in [-0.2, 0) is 6.54 Å². The van der Waals surface area contributed by atoms with Gasteiger partial charge in [0.05, 0.1) is 6.54 Å². The Labute approximate surface area is 117 Å². The fourth-order valence-corrected chi connectivity index (χ4v) is 3.24. The zero-order valence-corrected chi connectivity index (χ0v) is 11.8. The van der Waals surface area contributed by atoms with Crippen molar-refractivity contribution >= 4 is 11.8 Å². The SMILES string of the molecule is CC(Sc1nnc(CN)n1C1CC1)c1ccccc1. The smallest absolute Gasteiger partial charge is 0.192 e. The van der Waals surface area contributed by atoms with Crippen LogP contribution in [0.3, 0.4) is 0 Å². The zero-order valence-electron chi connectivity index (χ0n) is 11.0. The lowest BCUT2D eigenvalue weighted by Gasteiger charge is -2.12. The van der Waals surface area contributed by atoms with E-state index < -0.39 is 0 Å². The van der Waals surface area contributed by atoms with Gasteiger partial charge in [-0.25, -0.2) is 0 Å². The van der Waals surface area contributed by atoms with E-state index in [1.807, 2.05) is 6.07 Å². The normalized spacial score (nSPS) is 16.5. The van der Waals surface area contributed by atoms with Crippen LogP contribution in [0.2, 0.25) is 0 Å². The van der Waals surface area contributed by atoms with Gasteiger partial charge in [0.25, 0.3) is 0 Å². The van der Waals surface area contributed by atoms with Crippen LogP contribution in [0, 0.1) is 0 Å². The lowest BCUT2D eigenvalue weighted by Crippen LogP contribution is -2.08. The highest BCUT2D eigenvalue weighted by molar-refractivity contribution is 7.99. The highest BCUT2D eigenvalue weighted by Gasteiger charge is 2.29. The van der Waals surface area contributed by atoms with Crippen LogP contribution >= 0.6 is 11.8 Å². The van der Waals surface area contributed by atoms with Gasteiger partial charge < -0.3 is 10.3 Å². The molecule has 1 aromatic heterocycles. The molecule has 4 nitrogen and oxygen atoms in total. The molecule has 2 N–H and O–H groups in total. The van der Waals surface area contributed by atoms with Crippen molar-refractivity contribution in [2.24, 2.45) is 5.73 Å². The van der Waals surface area contributed by atoms with Gasteiger partial charge in [-0.05, 0) is 25.3 Å². The topological polar surface area (TPSA) is 56.7 Å². The minimum absolute atomic E-state index is 0.369. The maximum absolute atomic E-state index is 5.74. The molecule has 1 saturated carbocycles. The van der Waals surface area contributed by atoms with Crippen LogP contribution < -0.4 is 5.73 Å². The average Bonchev–Trinajstić information content (AvgIpc) is 3.21. The van der Waals surface area contributed by atoms with Gasteiger partial charge in [0.2, 0.25) is 0 Å². The van der Waals surface area contributed by atoms with Crippen molar-refractivity contribution in [1.29, 1.82) is 0 Å². The van der Waals surface area contributed by atoms with E-state index >= 15 is 0 Å². The summed E-state index contributed by atoms with van der Waals surface area (Å²) in [5.74, 6) is 0.908. The van der Waals surface area contributed by atoms with Crippen LogP contribution in [0.1, 0.15) is 42.4 Å². The number of aromatic nitrogens is 3. The molecule has 1 heterocycles. The van der Waals surface area contributed by atoms with Crippen LogP contribution in [0.4, 0.5) is 0 Å². The fraction of sp³-hybridized carbons (Fsp3) is 0.429. The van der Waals surface area contributed by atoms with Crippen molar-refractivity contribution in [2.75, 3.05) is 0 Å². The Morgan fingerprint density at radius 1 is 1.32 bits per heavy atom. The minimum Gasteiger partial charge on any atom is -0.324 e. The van der Waals surface area contributed by atoms with Crippen molar-refractivity contribution in [2.45, 2.75) is 42.8 Å². The Bertz CT molecular complexity index is 548. The first kappa shape index (κ1) is 12.7. The fourth-order valence-electron chi connectivity index (χ4n) is 2.18. The molecule has 1 aliphatic rings. The van der Waals surface area contributed by atoms with Crippen molar-refractivity contribution in [3.05, 3.63) is 41.7 Å². The maximum atomic E-state index is 5.74. The van der Waals surface area contributed by atoms with E-state index in [1.165, 1.54) is 18.4 Å². The van der Waals surface area contributed by atoms with E-state index in [0.717, 1.165) is 11.0 Å². The summed E-state index contributed by atoms with van der Waals surface area (Å²) in [6.45, 7) is 2.66. The Kier molecular flexibility index (Phi) is 3.57. The predicted octanol–water partition coefficient (Wildman–Crippen LogP) is 2.93. The Morgan fingerprint density at radius 3 is 2.68 bits per heavy atom. The van der Waals surface area contributed by atoms with Gasteiger partial charge in [0, 0.05) is 11.3 Å². The molecule has 0 aliphatic heterocycles. The lowest BCUT2D eigenvalue weighted by atomic mass is 10.2. The molecule has 0 bridgehead atoms. The number of rotatable bonds is 5. The molecule has 1 unspecified atom stereocenters. The molecular formula is C14H18N4S. The van der Waals surface area contributed by atoms with Crippen LogP contribution in [0.25, 0.3) is 0 Å². The van der Waals surface area contributed by atoms with Crippen molar-refractivity contribution in [3.63, 3.8) is 0 Å². The zero-order chi connectivity index (χ0) is 13.2. The highest BCUT2D eigenvalue weighted by Crippen LogP contribution is 2.41. The molecule has 1 aliphatic carbocycles. The molecule has 19 heavy (non-hydrogen) atoms. The molecular weight excluding hydrogens is 256 g/mol. The van der Waals surface area contributed by atoms with Gasteiger partial charge in [-0.3, -0.25) is 0 Å². The summed E-state index contributed by atoms with van der Waals surface area (Å²) in [5, 5.41) is 9.89. The van der Waals surface area contributed by atoms with Crippen LogP contribution in [0.5, 0.6) is 0 Å². The maximum Gasteiger partial charge on any atom is 0.192 e. The highest BCUT2D eigenvalue weighted by atomic mass is 32.2. The van der Waals surface area contributed by atoms with Crippen molar-refractivity contribution < 1.29 is 0 Å². The van der Waals surface area contributed by atoms with E-state index in [0.29, 0.717) is 17.8 Å². The van der Waals surface area contributed by atoms with Gasteiger partial charge in [-0.15, -0.1) is 10.2 Å². The molecule has 1 aromatic carbocycles. The van der Waals surface area contributed by atoms with E-state index in [2.05, 4.69) is 46.0 Å². The molecule has 5 heteroatoms. The third-order valence-electron chi connectivity index (χ3n) is 3.38. The summed E-state index contributed by atoms with van der Waals surface area (Å²) in [5.41, 5.74) is 7.05. The summed E-state index contributed by atoms with van der Waals surface area (Å²) in [4.78, 5) is 0. The van der Waals surface area contributed by atoms with Gasteiger partial charge in [-0.1, -0.05) is 42.1 Å². The standard InChI is InChI=1S/C14H18N4S/c1-10(11-5-3-2-4-6-11)19-14-17-16-13(9-15)18(14)12-7-8-12/h2-6,10,12H,7-9,15H2,1H3. The number of hydrogen-bond acceptors (Lipinski definition) is 4. The van der Waals surface area contributed by atoms with E-state index in [9.17, 15) is 0 Å². The second-order valence-corrected chi connectivity index (χ2v) is 6.18. The summed E-state index contributed by atoms with van der Waals surface area (Å²) in [6.07, 6.45) is 2.44. The third-order valence-corrected chi connectivity index (χ3v) is 4.50. The van der Waals surface area contributed by atoms with E-state index in [1.54, 1.807) is 11.8 Å². The van der Waals surface area contributed by atoms with Gasteiger partial charge in [0.1, 0.15) is 5.82 Å². The number of nitrogens with two attached hydrogens (primary N) is 1. The Hall–Kier alpha value is -1.33.